The summed E-state index contributed by atoms with van der Waals surface area (Å²) in [5, 5.41) is 15.4. The molecule has 0 radical (unpaired) electrons. The zero-order chi connectivity index (χ0) is 22.8. The molecule has 2 aromatic carbocycles. The zero-order valence-corrected chi connectivity index (χ0v) is 18.7. The predicted molar refractivity (Wildman–Crippen MR) is 129 cm³/mol. The highest BCUT2D eigenvalue weighted by Gasteiger charge is 2.13. The molecule has 0 spiro atoms. The summed E-state index contributed by atoms with van der Waals surface area (Å²) in [6, 6.07) is 17.2. The van der Waals surface area contributed by atoms with Crippen LogP contribution in [0.3, 0.4) is 0 Å². The molecule has 166 valence electrons. The van der Waals surface area contributed by atoms with Crippen LogP contribution >= 0.6 is 11.8 Å². The number of para-hydroxylation sites is 2. The Labute approximate surface area is 190 Å². The Morgan fingerprint density at radius 2 is 1.94 bits per heavy atom. The maximum absolute atomic E-state index is 12.3. The number of allylic oxidation sites excluding steroid dienone is 1. The number of nitrogens with zero attached hydrogens (tertiary/aromatic N) is 4. The van der Waals surface area contributed by atoms with Gasteiger partial charge in [0.2, 0.25) is 11.1 Å². The first-order valence-electron chi connectivity index (χ1n) is 9.95. The van der Waals surface area contributed by atoms with E-state index in [1.807, 2.05) is 68.5 Å². The molecule has 1 amide bonds. The molecule has 0 aliphatic carbocycles. The lowest BCUT2D eigenvalue weighted by atomic mass is 10.2. The molecule has 3 rings (SSSR count). The molecule has 0 aliphatic rings. The third-order valence-electron chi connectivity index (χ3n) is 4.11. The molecule has 1 aromatic heterocycles. The SMILES string of the molecule is CCOc1ccccc1NC(=O)CSc1nnc(N/N=C(C)/C=C/c2ccccc2)n1N. The van der Waals surface area contributed by atoms with Gasteiger partial charge < -0.3 is 15.9 Å². The number of nitrogens with one attached hydrogen (secondary N) is 2. The summed E-state index contributed by atoms with van der Waals surface area (Å²) in [4.78, 5) is 12.3. The largest absolute Gasteiger partial charge is 0.492 e. The summed E-state index contributed by atoms with van der Waals surface area (Å²) in [5.41, 5.74) is 5.21. The molecule has 9 nitrogen and oxygen atoms in total. The molecule has 1 heterocycles. The maximum atomic E-state index is 12.3. The highest BCUT2D eigenvalue weighted by atomic mass is 32.2. The van der Waals surface area contributed by atoms with Crippen molar-refractivity contribution in [1.29, 1.82) is 0 Å². The molecule has 0 aliphatic heterocycles. The number of amides is 1. The molecule has 3 aromatic rings. The van der Waals surface area contributed by atoms with Gasteiger partial charge in [-0.3, -0.25) is 4.79 Å². The Kier molecular flexibility index (Phi) is 8.27. The van der Waals surface area contributed by atoms with E-state index in [9.17, 15) is 4.79 Å². The summed E-state index contributed by atoms with van der Waals surface area (Å²) in [5.74, 6) is 6.81. The Hall–Kier alpha value is -3.79. The van der Waals surface area contributed by atoms with E-state index in [1.165, 1.54) is 16.4 Å². The van der Waals surface area contributed by atoms with Crippen LogP contribution in [0.15, 0.2) is 70.9 Å². The van der Waals surface area contributed by atoms with Crippen molar-refractivity contribution in [2.75, 3.05) is 28.9 Å². The van der Waals surface area contributed by atoms with Gasteiger partial charge in [0.15, 0.2) is 0 Å². The van der Waals surface area contributed by atoms with Gasteiger partial charge in [-0.15, -0.1) is 10.2 Å². The first-order chi connectivity index (χ1) is 15.6. The summed E-state index contributed by atoms with van der Waals surface area (Å²) in [6.07, 6.45) is 3.83. The summed E-state index contributed by atoms with van der Waals surface area (Å²) in [7, 11) is 0. The number of nitrogens with two attached hydrogens (primary N) is 1. The van der Waals surface area contributed by atoms with Crippen LogP contribution < -0.4 is 21.3 Å². The Morgan fingerprint density at radius 1 is 1.19 bits per heavy atom. The minimum Gasteiger partial charge on any atom is -0.492 e. The smallest absolute Gasteiger partial charge is 0.264 e. The molecule has 0 atom stereocenters. The molecule has 10 heteroatoms. The highest BCUT2D eigenvalue weighted by molar-refractivity contribution is 7.99. The first kappa shape index (κ1) is 22.9. The van der Waals surface area contributed by atoms with Crippen LogP contribution in [0.1, 0.15) is 19.4 Å². The van der Waals surface area contributed by atoms with E-state index in [1.54, 1.807) is 12.1 Å². The molecular formula is C22H25N7O2S. The third-order valence-corrected chi connectivity index (χ3v) is 5.05. The molecule has 0 unspecified atom stereocenters. The van der Waals surface area contributed by atoms with Gasteiger partial charge in [0, 0.05) is 0 Å². The van der Waals surface area contributed by atoms with E-state index >= 15 is 0 Å². The van der Waals surface area contributed by atoms with Crippen molar-refractivity contribution in [3.8, 4) is 5.75 Å². The van der Waals surface area contributed by atoms with Crippen LogP contribution in [0.25, 0.3) is 6.08 Å². The fourth-order valence-corrected chi connectivity index (χ4v) is 3.23. The molecule has 0 saturated heterocycles. The fraction of sp³-hybridized carbons (Fsp3) is 0.182. The van der Waals surface area contributed by atoms with Gasteiger partial charge in [0.05, 0.1) is 23.8 Å². The number of anilines is 2. The highest BCUT2D eigenvalue weighted by Crippen LogP contribution is 2.24. The van der Waals surface area contributed by atoms with Crippen LogP contribution in [0, 0.1) is 0 Å². The van der Waals surface area contributed by atoms with Crippen LogP contribution in [-0.2, 0) is 4.79 Å². The summed E-state index contributed by atoms with van der Waals surface area (Å²) in [6.45, 7) is 4.25. The topological polar surface area (TPSA) is 119 Å². The number of benzene rings is 2. The molecule has 0 saturated carbocycles. The molecule has 0 bridgehead atoms. The lowest BCUT2D eigenvalue weighted by Crippen LogP contribution is -2.17. The maximum Gasteiger partial charge on any atom is 0.264 e. The van der Waals surface area contributed by atoms with Crippen LogP contribution in [-0.4, -0.2) is 38.9 Å². The van der Waals surface area contributed by atoms with Crippen molar-refractivity contribution in [3.63, 3.8) is 0 Å². The average Bonchev–Trinajstić information content (AvgIpc) is 3.16. The van der Waals surface area contributed by atoms with Gasteiger partial charge in [-0.25, -0.2) is 10.1 Å². The Morgan fingerprint density at radius 3 is 2.72 bits per heavy atom. The third kappa shape index (κ3) is 6.61. The first-order valence-corrected chi connectivity index (χ1v) is 10.9. The van der Waals surface area contributed by atoms with Gasteiger partial charge in [0.1, 0.15) is 5.75 Å². The van der Waals surface area contributed by atoms with E-state index in [-0.39, 0.29) is 17.6 Å². The number of hydrogen-bond donors (Lipinski definition) is 3. The normalized spacial score (nSPS) is 11.5. The number of rotatable bonds is 10. The monoisotopic (exact) mass is 451 g/mol. The average molecular weight is 452 g/mol. The predicted octanol–water partition coefficient (Wildman–Crippen LogP) is 3.62. The van der Waals surface area contributed by atoms with Crippen LogP contribution in [0.2, 0.25) is 0 Å². The second kappa shape index (κ2) is 11.6. The van der Waals surface area contributed by atoms with Crippen LogP contribution in [0.4, 0.5) is 11.6 Å². The Balaban J connectivity index is 1.53. The summed E-state index contributed by atoms with van der Waals surface area (Å²) < 4.78 is 6.77. The number of hydrogen-bond acceptors (Lipinski definition) is 8. The lowest BCUT2D eigenvalue weighted by Gasteiger charge is -2.10. The van der Waals surface area contributed by atoms with E-state index in [4.69, 9.17) is 10.6 Å². The van der Waals surface area contributed by atoms with Crippen molar-refractivity contribution >= 4 is 41.1 Å². The van der Waals surface area contributed by atoms with Crippen molar-refractivity contribution < 1.29 is 9.53 Å². The summed E-state index contributed by atoms with van der Waals surface area (Å²) >= 11 is 1.17. The van der Waals surface area contributed by atoms with Gasteiger partial charge in [0.25, 0.3) is 5.95 Å². The number of carbonyl (C=O) groups is 1. The van der Waals surface area contributed by atoms with E-state index in [0.29, 0.717) is 23.2 Å². The van der Waals surface area contributed by atoms with Crippen molar-refractivity contribution in [3.05, 3.63) is 66.2 Å². The fourth-order valence-electron chi connectivity index (χ4n) is 2.58. The Bertz CT molecular complexity index is 1100. The van der Waals surface area contributed by atoms with E-state index < -0.39 is 0 Å². The van der Waals surface area contributed by atoms with Crippen molar-refractivity contribution in [1.82, 2.24) is 14.9 Å². The number of ether oxygens (including phenoxy) is 1. The number of nitrogen functional groups attached to an aromatic ring is 1. The number of aromatic nitrogens is 3. The second-order valence-corrected chi connectivity index (χ2v) is 7.49. The van der Waals surface area contributed by atoms with Gasteiger partial charge in [-0.1, -0.05) is 60.3 Å². The number of carbonyl (C=O) groups excluding carboxylic acids is 1. The standard InChI is InChI=1S/C22H25N7O2S/c1-3-31-19-12-8-7-11-18(19)24-20(30)15-32-22-28-27-21(29(22)23)26-25-16(2)13-14-17-9-5-4-6-10-17/h4-14H,3,15,23H2,1-2H3,(H,24,30)(H,26,27)/b14-13+,25-16+. The van der Waals surface area contributed by atoms with E-state index in [0.717, 1.165) is 11.3 Å². The quantitative estimate of drug-likeness (QED) is 0.186. The van der Waals surface area contributed by atoms with Crippen molar-refractivity contribution in [2.45, 2.75) is 19.0 Å². The molecule has 4 N–H and O–H groups in total. The van der Waals surface area contributed by atoms with Gasteiger partial charge >= 0.3 is 0 Å². The molecule has 0 fully saturated rings. The minimum absolute atomic E-state index is 0.109. The zero-order valence-electron chi connectivity index (χ0n) is 17.9. The van der Waals surface area contributed by atoms with Gasteiger partial charge in [-0.05, 0) is 37.6 Å². The second-order valence-electron chi connectivity index (χ2n) is 6.55. The van der Waals surface area contributed by atoms with Crippen molar-refractivity contribution in [2.24, 2.45) is 5.10 Å². The van der Waals surface area contributed by atoms with Gasteiger partial charge in [-0.2, -0.15) is 5.10 Å². The minimum atomic E-state index is -0.209. The molecule has 32 heavy (non-hydrogen) atoms. The van der Waals surface area contributed by atoms with Crippen LogP contribution in [0.5, 0.6) is 5.75 Å². The van der Waals surface area contributed by atoms with E-state index in [2.05, 4.69) is 26.0 Å². The molecular weight excluding hydrogens is 426 g/mol. The number of hydrazone groups is 1. The number of thioether (sulfide) groups is 1. The lowest BCUT2D eigenvalue weighted by molar-refractivity contribution is -0.113.